The number of aryl methyl sites for hydroxylation is 1. The number of hydrogen-bond donors (Lipinski definition) is 1. The number of aromatic amines is 1. The van der Waals surface area contributed by atoms with Crippen LogP contribution in [0.2, 0.25) is 0 Å². The van der Waals surface area contributed by atoms with Crippen molar-refractivity contribution in [3.8, 4) is 17.1 Å². The molecule has 2 aliphatic heterocycles. The van der Waals surface area contributed by atoms with Crippen molar-refractivity contribution in [2.45, 2.75) is 50.4 Å². The van der Waals surface area contributed by atoms with Crippen LogP contribution in [0.1, 0.15) is 32.6 Å². The second-order valence-electron chi connectivity index (χ2n) is 8.92. The Balaban J connectivity index is 1.43. The molecule has 1 aliphatic carbocycles. The predicted octanol–water partition coefficient (Wildman–Crippen LogP) is 2.62. The van der Waals surface area contributed by atoms with Crippen LogP contribution < -0.4 is 15.2 Å². The molecule has 8 heteroatoms. The largest absolute Gasteiger partial charge is 0.488 e. The summed E-state index contributed by atoms with van der Waals surface area (Å²) in [7, 11) is 1.70. The SMILES string of the molecule is Cn1nc(-c2n[nH]c3ccc(OC4(C)CC4)cc23)cc(N2CCC3OCCC32)c1=O. The van der Waals surface area contributed by atoms with Gasteiger partial charge in [0.15, 0.2) is 0 Å². The minimum atomic E-state index is -0.0863. The summed E-state index contributed by atoms with van der Waals surface area (Å²) in [5.41, 5.74) is 2.87. The maximum absolute atomic E-state index is 12.9. The zero-order chi connectivity index (χ0) is 20.5. The number of nitrogens with zero attached hydrogens (tertiary/aromatic N) is 4. The molecule has 156 valence electrons. The Bertz CT molecular complexity index is 1200. The van der Waals surface area contributed by atoms with Gasteiger partial charge in [0.2, 0.25) is 0 Å². The van der Waals surface area contributed by atoms with Gasteiger partial charge in [-0.15, -0.1) is 0 Å². The summed E-state index contributed by atoms with van der Waals surface area (Å²) in [6, 6.07) is 8.12. The summed E-state index contributed by atoms with van der Waals surface area (Å²) >= 11 is 0. The first-order valence-corrected chi connectivity index (χ1v) is 10.6. The molecule has 1 aromatic carbocycles. The minimum absolute atomic E-state index is 0.0463. The third kappa shape index (κ3) is 2.81. The van der Waals surface area contributed by atoms with Crippen molar-refractivity contribution in [1.29, 1.82) is 0 Å². The highest BCUT2D eigenvalue weighted by atomic mass is 16.5. The lowest BCUT2D eigenvalue weighted by Gasteiger charge is -2.24. The minimum Gasteiger partial charge on any atom is -0.488 e. The molecule has 0 spiro atoms. The second kappa shape index (κ2) is 6.31. The number of H-pyrrole nitrogens is 1. The fraction of sp³-hybridized carbons (Fsp3) is 0.500. The number of anilines is 1. The van der Waals surface area contributed by atoms with E-state index in [2.05, 4.69) is 27.1 Å². The third-order valence-electron chi connectivity index (χ3n) is 6.68. The maximum Gasteiger partial charge on any atom is 0.290 e. The van der Waals surface area contributed by atoms with Crippen molar-refractivity contribution in [2.24, 2.45) is 7.05 Å². The number of fused-ring (bicyclic) bond motifs is 2. The van der Waals surface area contributed by atoms with Crippen LogP contribution in [-0.2, 0) is 11.8 Å². The molecule has 6 rings (SSSR count). The van der Waals surface area contributed by atoms with Gasteiger partial charge in [-0.25, -0.2) is 4.68 Å². The van der Waals surface area contributed by atoms with Crippen LogP contribution in [0.4, 0.5) is 5.69 Å². The smallest absolute Gasteiger partial charge is 0.290 e. The van der Waals surface area contributed by atoms with Crippen LogP contribution >= 0.6 is 0 Å². The van der Waals surface area contributed by atoms with Crippen LogP contribution in [0.3, 0.4) is 0 Å². The Kier molecular flexibility index (Phi) is 3.78. The fourth-order valence-corrected chi connectivity index (χ4v) is 4.73. The lowest BCUT2D eigenvalue weighted by atomic mass is 10.1. The van der Waals surface area contributed by atoms with Crippen LogP contribution in [-0.4, -0.2) is 50.9 Å². The lowest BCUT2D eigenvalue weighted by Crippen LogP contribution is -2.37. The molecule has 30 heavy (non-hydrogen) atoms. The molecule has 0 amide bonds. The number of benzene rings is 1. The van der Waals surface area contributed by atoms with E-state index in [1.54, 1.807) is 7.05 Å². The van der Waals surface area contributed by atoms with E-state index >= 15 is 0 Å². The average molecular weight is 407 g/mol. The van der Waals surface area contributed by atoms with Crippen LogP contribution in [0.15, 0.2) is 29.1 Å². The monoisotopic (exact) mass is 407 g/mol. The topological polar surface area (TPSA) is 85.3 Å². The van der Waals surface area contributed by atoms with Crippen LogP contribution in [0.25, 0.3) is 22.3 Å². The van der Waals surface area contributed by atoms with E-state index in [0.29, 0.717) is 11.4 Å². The molecule has 4 heterocycles. The van der Waals surface area contributed by atoms with Gasteiger partial charge in [0.25, 0.3) is 5.56 Å². The van der Waals surface area contributed by atoms with Crippen molar-refractivity contribution in [3.63, 3.8) is 0 Å². The average Bonchev–Trinajstić information content (AvgIpc) is 3.11. The summed E-state index contributed by atoms with van der Waals surface area (Å²) in [6.07, 6.45) is 4.29. The molecule has 1 N–H and O–H groups in total. The Morgan fingerprint density at radius 3 is 2.97 bits per heavy atom. The van der Waals surface area contributed by atoms with Gasteiger partial charge in [-0.2, -0.15) is 10.2 Å². The van der Waals surface area contributed by atoms with E-state index in [-0.39, 0.29) is 23.3 Å². The van der Waals surface area contributed by atoms with Crippen molar-refractivity contribution in [3.05, 3.63) is 34.6 Å². The van der Waals surface area contributed by atoms with E-state index in [1.807, 2.05) is 24.3 Å². The summed E-state index contributed by atoms with van der Waals surface area (Å²) in [4.78, 5) is 15.1. The van der Waals surface area contributed by atoms with Crippen molar-refractivity contribution in [1.82, 2.24) is 20.0 Å². The van der Waals surface area contributed by atoms with E-state index < -0.39 is 0 Å². The Morgan fingerprint density at radius 2 is 2.13 bits per heavy atom. The molecule has 1 saturated carbocycles. The first-order valence-electron chi connectivity index (χ1n) is 10.6. The zero-order valence-corrected chi connectivity index (χ0v) is 17.2. The van der Waals surface area contributed by atoms with E-state index in [4.69, 9.17) is 9.47 Å². The van der Waals surface area contributed by atoms with Crippen molar-refractivity contribution in [2.75, 3.05) is 18.1 Å². The highest BCUT2D eigenvalue weighted by Crippen LogP contribution is 2.40. The highest BCUT2D eigenvalue weighted by molar-refractivity contribution is 5.93. The number of ether oxygens (including phenoxy) is 2. The van der Waals surface area contributed by atoms with Gasteiger partial charge in [-0.1, -0.05) is 0 Å². The lowest BCUT2D eigenvalue weighted by molar-refractivity contribution is 0.113. The summed E-state index contributed by atoms with van der Waals surface area (Å²) < 4.78 is 13.4. The van der Waals surface area contributed by atoms with Crippen molar-refractivity contribution >= 4 is 16.6 Å². The number of aromatic nitrogens is 4. The number of rotatable bonds is 4. The van der Waals surface area contributed by atoms with Gasteiger partial charge < -0.3 is 14.4 Å². The normalized spacial score (nSPS) is 24.4. The first kappa shape index (κ1) is 17.9. The molecule has 3 aromatic rings. The molecule has 2 aromatic heterocycles. The molecule has 2 atom stereocenters. The summed E-state index contributed by atoms with van der Waals surface area (Å²) in [6.45, 7) is 3.71. The Labute approximate surface area is 173 Å². The van der Waals surface area contributed by atoms with Crippen molar-refractivity contribution < 1.29 is 9.47 Å². The molecule has 0 radical (unpaired) electrons. The Hall–Kier alpha value is -2.87. The fourth-order valence-electron chi connectivity index (χ4n) is 4.73. The third-order valence-corrected chi connectivity index (χ3v) is 6.68. The summed E-state index contributed by atoms with van der Waals surface area (Å²) in [5, 5.41) is 13.1. The standard InChI is InChI=1S/C22H25N5O3/c1-22(7-8-22)30-13-3-4-15-14(11-13)20(24-23-15)16-12-18(21(28)26(2)25-16)27-9-5-19-17(27)6-10-29-19/h3-4,11-12,17,19H,5-10H2,1-2H3,(H,23,24). The van der Waals surface area contributed by atoms with Gasteiger partial charge in [-0.05, 0) is 56.9 Å². The molecule has 8 nitrogen and oxygen atoms in total. The molecule has 2 saturated heterocycles. The second-order valence-corrected chi connectivity index (χ2v) is 8.92. The summed E-state index contributed by atoms with van der Waals surface area (Å²) in [5.74, 6) is 0.834. The molecular formula is C22H25N5O3. The van der Waals surface area contributed by atoms with Crippen LogP contribution in [0.5, 0.6) is 5.75 Å². The van der Waals surface area contributed by atoms with Gasteiger partial charge in [0, 0.05) is 25.6 Å². The number of nitrogens with one attached hydrogen (secondary N) is 1. The highest BCUT2D eigenvalue weighted by Gasteiger charge is 2.41. The molecule has 2 unspecified atom stereocenters. The van der Waals surface area contributed by atoms with Gasteiger partial charge in [0.05, 0.1) is 17.7 Å². The Morgan fingerprint density at radius 1 is 1.27 bits per heavy atom. The number of hydrogen-bond acceptors (Lipinski definition) is 6. The molecule has 3 fully saturated rings. The van der Waals surface area contributed by atoms with E-state index in [0.717, 1.165) is 61.2 Å². The molecule has 3 aliphatic rings. The molecular weight excluding hydrogens is 382 g/mol. The van der Waals surface area contributed by atoms with E-state index in [9.17, 15) is 4.79 Å². The maximum atomic E-state index is 12.9. The predicted molar refractivity (Wildman–Crippen MR) is 113 cm³/mol. The van der Waals surface area contributed by atoms with Crippen LogP contribution in [0, 0.1) is 0 Å². The first-order chi connectivity index (χ1) is 14.5. The zero-order valence-electron chi connectivity index (χ0n) is 17.2. The quantitative estimate of drug-likeness (QED) is 0.716. The van der Waals surface area contributed by atoms with Gasteiger partial charge in [0.1, 0.15) is 28.4 Å². The van der Waals surface area contributed by atoms with E-state index in [1.165, 1.54) is 4.68 Å². The van der Waals surface area contributed by atoms with Gasteiger partial charge >= 0.3 is 0 Å². The van der Waals surface area contributed by atoms with Gasteiger partial charge in [-0.3, -0.25) is 9.89 Å². The molecule has 0 bridgehead atoms.